The molecule has 8 nitrogen and oxygen atoms in total. The number of ketones is 1. The van der Waals surface area contributed by atoms with E-state index in [0.717, 1.165) is 29.7 Å². The molecular formula is C31H28FN3O5S2. The molecular weight excluding hydrogens is 577 g/mol. The van der Waals surface area contributed by atoms with Gasteiger partial charge in [-0.25, -0.2) is 4.39 Å². The van der Waals surface area contributed by atoms with Crippen LogP contribution < -0.4 is 14.4 Å². The minimum atomic E-state index is -0.969. The summed E-state index contributed by atoms with van der Waals surface area (Å²) in [7, 11) is 1.52. The SMILES string of the molecule is CCCCOc1ccc(C(O)=C2C(=O)C(=O)N(c3nnc(SCc4ccc(F)cc4)s3)[C@H]2c2cccc(OC)c2)cc1. The Morgan fingerprint density at radius 3 is 2.52 bits per heavy atom. The lowest BCUT2D eigenvalue weighted by atomic mass is 9.95. The number of hydrogen-bond acceptors (Lipinski definition) is 9. The molecule has 42 heavy (non-hydrogen) atoms. The third-order valence-corrected chi connectivity index (χ3v) is 8.75. The fourth-order valence-corrected chi connectivity index (χ4v) is 6.26. The van der Waals surface area contributed by atoms with Gasteiger partial charge in [0, 0.05) is 11.3 Å². The maximum atomic E-state index is 13.5. The van der Waals surface area contributed by atoms with Crippen molar-refractivity contribution in [2.24, 2.45) is 0 Å². The minimum absolute atomic E-state index is 0.0661. The number of amides is 1. The highest BCUT2D eigenvalue weighted by atomic mass is 32.2. The number of aromatic nitrogens is 2. The molecule has 11 heteroatoms. The molecule has 1 amide bonds. The van der Waals surface area contributed by atoms with Crippen LogP contribution in [0.25, 0.3) is 5.76 Å². The first-order valence-electron chi connectivity index (χ1n) is 13.3. The summed E-state index contributed by atoms with van der Waals surface area (Å²) in [6.07, 6.45) is 1.93. The van der Waals surface area contributed by atoms with Crippen LogP contribution in [0, 0.1) is 5.82 Å². The quantitative estimate of drug-likeness (QED) is 0.0499. The maximum absolute atomic E-state index is 13.5. The Morgan fingerprint density at radius 2 is 1.81 bits per heavy atom. The molecule has 1 aromatic heterocycles. The summed E-state index contributed by atoms with van der Waals surface area (Å²) in [4.78, 5) is 28.2. The van der Waals surface area contributed by atoms with Gasteiger partial charge in [-0.1, -0.05) is 60.7 Å². The fourth-order valence-electron chi connectivity index (χ4n) is 4.44. The Kier molecular flexibility index (Phi) is 9.19. The molecule has 0 unspecified atom stereocenters. The van der Waals surface area contributed by atoms with Crippen LogP contribution in [-0.2, 0) is 15.3 Å². The smallest absolute Gasteiger partial charge is 0.301 e. The van der Waals surface area contributed by atoms with E-state index in [1.165, 1.54) is 35.9 Å². The first-order chi connectivity index (χ1) is 20.4. The molecule has 0 aliphatic carbocycles. The Hall–Kier alpha value is -4.22. The highest BCUT2D eigenvalue weighted by molar-refractivity contribution is 8.00. The van der Waals surface area contributed by atoms with Crippen LogP contribution in [0.2, 0.25) is 0 Å². The molecule has 1 atom stereocenters. The number of aliphatic hydroxyl groups is 1. The predicted molar refractivity (Wildman–Crippen MR) is 160 cm³/mol. The second-order valence-corrected chi connectivity index (χ2v) is 11.6. The molecule has 1 aliphatic heterocycles. The highest BCUT2D eigenvalue weighted by Gasteiger charge is 2.48. The van der Waals surface area contributed by atoms with Gasteiger partial charge in [-0.05, 0) is 66.1 Å². The fraction of sp³-hybridized carbons (Fsp3) is 0.226. The lowest BCUT2D eigenvalue weighted by Gasteiger charge is -2.23. The van der Waals surface area contributed by atoms with Crippen molar-refractivity contribution in [1.82, 2.24) is 10.2 Å². The number of nitrogens with zero attached hydrogens (tertiary/aromatic N) is 3. The zero-order valence-corrected chi connectivity index (χ0v) is 24.6. The third kappa shape index (κ3) is 6.32. The van der Waals surface area contributed by atoms with E-state index in [1.54, 1.807) is 60.7 Å². The minimum Gasteiger partial charge on any atom is -0.507 e. The van der Waals surface area contributed by atoms with Crippen molar-refractivity contribution in [2.45, 2.75) is 35.9 Å². The summed E-state index contributed by atoms with van der Waals surface area (Å²) in [5.74, 6) is -0.589. The number of rotatable bonds is 11. The van der Waals surface area contributed by atoms with Crippen LogP contribution in [0.15, 0.2) is 82.7 Å². The van der Waals surface area contributed by atoms with Crippen molar-refractivity contribution < 1.29 is 28.6 Å². The average Bonchev–Trinajstić information content (AvgIpc) is 3.58. The number of ether oxygens (including phenoxy) is 2. The molecule has 1 N–H and O–H groups in total. The molecule has 0 bridgehead atoms. The lowest BCUT2D eigenvalue weighted by molar-refractivity contribution is -0.132. The molecule has 5 rings (SSSR count). The number of unbranched alkanes of at least 4 members (excludes halogenated alkanes) is 1. The first-order valence-corrected chi connectivity index (χ1v) is 15.1. The molecule has 3 aromatic carbocycles. The standard InChI is InChI=1S/C31H28FN3O5S2/c1-3-4-16-40-23-14-10-20(11-15-23)27(36)25-26(21-6-5-7-24(17-21)39-2)35(29(38)28(25)37)30-33-34-31(42-30)41-18-19-8-12-22(32)13-9-19/h5-15,17,26,36H,3-4,16,18H2,1-2H3/t26-/m0/s1. The van der Waals surface area contributed by atoms with E-state index in [9.17, 15) is 19.1 Å². The number of anilines is 1. The summed E-state index contributed by atoms with van der Waals surface area (Å²) in [6, 6.07) is 18.9. The monoisotopic (exact) mass is 605 g/mol. The van der Waals surface area contributed by atoms with Gasteiger partial charge in [0.2, 0.25) is 5.13 Å². The van der Waals surface area contributed by atoms with E-state index >= 15 is 0 Å². The maximum Gasteiger partial charge on any atom is 0.301 e. The topological polar surface area (TPSA) is 102 Å². The number of Topliss-reactive ketones (excluding diaryl/α,β-unsaturated/α-hetero) is 1. The Balaban J connectivity index is 1.49. The number of benzene rings is 3. The molecule has 0 radical (unpaired) electrons. The number of halogens is 1. The molecule has 1 saturated heterocycles. The molecule has 2 heterocycles. The molecule has 0 spiro atoms. The summed E-state index contributed by atoms with van der Waals surface area (Å²) >= 11 is 2.54. The third-order valence-electron chi connectivity index (χ3n) is 6.63. The highest BCUT2D eigenvalue weighted by Crippen LogP contribution is 2.44. The Labute approximate surface area is 250 Å². The van der Waals surface area contributed by atoms with Crippen molar-refractivity contribution >= 4 is 45.7 Å². The van der Waals surface area contributed by atoms with Gasteiger partial charge in [-0.3, -0.25) is 14.5 Å². The molecule has 216 valence electrons. The van der Waals surface area contributed by atoms with Crippen LogP contribution in [0.3, 0.4) is 0 Å². The predicted octanol–water partition coefficient (Wildman–Crippen LogP) is 6.78. The first kappa shape index (κ1) is 29.3. The summed E-state index contributed by atoms with van der Waals surface area (Å²) in [5.41, 5.74) is 1.77. The Bertz CT molecular complexity index is 1610. The number of thioether (sulfide) groups is 1. The van der Waals surface area contributed by atoms with E-state index in [2.05, 4.69) is 17.1 Å². The number of hydrogen-bond donors (Lipinski definition) is 1. The van der Waals surface area contributed by atoms with Crippen molar-refractivity contribution in [3.63, 3.8) is 0 Å². The molecule has 1 aliphatic rings. The van der Waals surface area contributed by atoms with Gasteiger partial charge in [-0.15, -0.1) is 10.2 Å². The van der Waals surface area contributed by atoms with Crippen LogP contribution in [0.5, 0.6) is 11.5 Å². The van der Waals surface area contributed by atoms with Crippen LogP contribution in [0.1, 0.15) is 42.5 Å². The summed E-state index contributed by atoms with van der Waals surface area (Å²) < 4.78 is 24.9. The zero-order valence-electron chi connectivity index (χ0n) is 23.0. The molecule has 0 saturated carbocycles. The van der Waals surface area contributed by atoms with Crippen molar-refractivity contribution in [2.75, 3.05) is 18.6 Å². The normalized spacial score (nSPS) is 16.2. The number of carbonyl (C=O) groups excluding carboxylic acids is 2. The molecule has 4 aromatic rings. The van der Waals surface area contributed by atoms with E-state index < -0.39 is 17.7 Å². The Morgan fingerprint density at radius 1 is 1.05 bits per heavy atom. The summed E-state index contributed by atoms with van der Waals surface area (Å²) in [5, 5.41) is 20.1. The second-order valence-electron chi connectivity index (χ2n) is 9.44. The van der Waals surface area contributed by atoms with E-state index in [4.69, 9.17) is 9.47 Å². The second kappa shape index (κ2) is 13.2. The molecule has 1 fully saturated rings. The van der Waals surface area contributed by atoms with Gasteiger partial charge < -0.3 is 14.6 Å². The number of carbonyl (C=O) groups is 2. The zero-order chi connectivity index (χ0) is 29.6. The van der Waals surface area contributed by atoms with E-state index in [0.29, 0.717) is 39.3 Å². The van der Waals surface area contributed by atoms with Crippen molar-refractivity contribution in [3.8, 4) is 11.5 Å². The summed E-state index contributed by atoms with van der Waals surface area (Å²) in [6.45, 7) is 2.66. The number of methoxy groups -OCH3 is 1. The van der Waals surface area contributed by atoms with Gasteiger partial charge in [0.05, 0.1) is 25.3 Å². The van der Waals surface area contributed by atoms with Gasteiger partial charge in [0.15, 0.2) is 4.34 Å². The van der Waals surface area contributed by atoms with Gasteiger partial charge >= 0.3 is 5.91 Å². The average molecular weight is 606 g/mol. The van der Waals surface area contributed by atoms with E-state index in [1.807, 2.05) is 0 Å². The van der Waals surface area contributed by atoms with Gasteiger partial charge in [0.25, 0.3) is 5.78 Å². The lowest BCUT2D eigenvalue weighted by Crippen LogP contribution is -2.29. The van der Waals surface area contributed by atoms with Gasteiger partial charge in [-0.2, -0.15) is 0 Å². The number of aliphatic hydroxyl groups excluding tert-OH is 1. The van der Waals surface area contributed by atoms with E-state index in [-0.39, 0.29) is 22.3 Å². The van der Waals surface area contributed by atoms with Crippen molar-refractivity contribution in [3.05, 3.63) is 101 Å². The van der Waals surface area contributed by atoms with Crippen LogP contribution in [-0.4, -0.2) is 40.7 Å². The van der Waals surface area contributed by atoms with Crippen LogP contribution in [0.4, 0.5) is 9.52 Å². The van der Waals surface area contributed by atoms with Crippen LogP contribution >= 0.6 is 23.1 Å². The van der Waals surface area contributed by atoms with Gasteiger partial charge in [0.1, 0.15) is 23.1 Å². The largest absolute Gasteiger partial charge is 0.507 e. The van der Waals surface area contributed by atoms with Crippen molar-refractivity contribution in [1.29, 1.82) is 0 Å².